The van der Waals surface area contributed by atoms with Gasteiger partial charge in [-0.1, -0.05) is 25.0 Å². The molecule has 7 nitrogen and oxygen atoms in total. The summed E-state index contributed by atoms with van der Waals surface area (Å²) in [6, 6.07) is 12.8. The molecular formula is C24H28N6O. The fourth-order valence-electron chi connectivity index (χ4n) is 5.12. The second-order valence-corrected chi connectivity index (χ2v) is 8.72. The molecule has 3 heterocycles. The van der Waals surface area contributed by atoms with Crippen LogP contribution in [0.15, 0.2) is 41.3 Å². The standard InChI is InChI=1S/C24H28N6O/c25-15-18-3-1-2-4-20(18)30-21-11-14-27-24(31)22(21)23(29-30)28-19-7-5-16(6-8-19)17-9-12-26-13-10-17/h5-8,11,14,17-18,20,26H,1-4,9-10,12-13H2,(H,27,31)(H,28,29)/t18?,20-/m0/s1. The molecule has 0 radical (unpaired) electrons. The zero-order chi connectivity index (χ0) is 21.2. The van der Waals surface area contributed by atoms with E-state index in [1.165, 1.54) is 18.4 Å². The molecule has 0 spiro atoms. The van der Waals surface area contributed by atoms with Crippen LogP contribution >= 0.6 is 0 Å². The number of benzene rings is 1. The van der Waals surface area contributed by atoms with Crippen molar-refractivity contribution in [2.75, 3.05) is 18.4 Å². The molecule has 1 saturated heterocycles. The van der Waals surface area contributed by atoms with Gasteiger partial charge in [0.05, 0.1) is 23.5 Å². The van der Waals surface area contributed by atoms with Gasteiger partial charge in [0.15, 0.2) is 5.82 Å². The number of nitriles is 1. The van der Waals surface area contributed by atoms with Crippen molar-refractivity contribution in [3.8, 4) is 6.07 Å². The van der Waals surface area contributed by atoms with Crippen LogP contribution in [-0.2, 0) is 0 Å². The highest BCUT2D eigenvalue weighted by Crippen LogP contribution is 2.36. The number of aromatic amines is 1. The van der Waals surface area contributed by atoms with Crippen molar-refractivity contribution in [2.45, 2.75) is 50.5 Å². The van der Waals surface area contributed by atoms with Crippen LogP contribution in [0.25, 0.3) is 10.9 Å². The molecule has 1 aromatic carbocycles. The van der Waals surface area contributed by atoms with E-state index in [1.54, 1.807) is 6.20 Å². The van der Waals surface area contributed by atoms with Crippen molar-refractivity contribution in [1.29, 1.82) is 5.26 Å². The van der Waals surface area contributed by atoms with Gasteiger partial charge in [-0.15, -0.1) is 0 Å². The minimum absolute atomic E-state index is 0.000821. The fourth-order valence-corrected chi connectivity index (χ4v) is 5.12. The molecule has 5 rings (SSSR count). The predicted octanol–water partition coefficient (Wildman–Crippen LogP) is 4.19. The Balaban J connectivity index is 1.47. The third-order valence-corrected chi connectivity index (χ3v) is 6.82. The van der Waals surface area contributed by atoms with E-state index < -0.39 is 0 Å². The largest absolute Gasteiger partial charge is 0.338 e. The Hall–Kier alpha value is -3.11. The van der Waals surface area contributed by atoms with Gasteiger partial charge in [-0.2, -0.15) is 10.4 Å². The zero-order valence-corrected chi connectivity index (χ0v) is 17.6. The summed E-state index contributed by atoms with van der Waals surface area (Å²) in [6.07, 6.45) is 7.93. The summed E-state index contributed by atoms with van der Waals surface area (Å²) in [6.45, 7) is 2.14. The van der Waals surface area contributed by atoms with Gasteiger partial charge in [-0.05, 0) is 68.5 Å². The smallest absolute Gasteiger partial charge is 0.261 e. The first kappa shape index (κ1) is 19.8. The van der Waals surface area contributed by atoms with Crippen LogP contribution in [-0.4, -0.2) is 27.9 Å². The molecule has 7 heteroatoms. The predicted molar refractivity (Wildman–Crippen MR) is 122 cm³/mol. The summed E-state index contributed by atoms with van der Waals surface area (Å²) in [5.41, 5.74) is 2.89. The Bertz CT molecular complexity index is 1150. The third kappa shape index (κ3) is 3.84. The summed E-state index contributed by atoms with van der Waals surface area (Å²) in [7, 11) is 0. The molecule has 1 aliphatic carbocycles. The lowest BCUT2D eigenvalue weighted by Gasteiger charge is -2.27. The van der Waals surface area contributed by atoms with Crippen molar-refractivity contribution in [3.63, 3.8) is 0 Å². The lowest BCUT2D eigenvalue weighted by atomic mass is 9.85. The minimum atomic E-state index is -0.165. The minimum Gasteiger partial charge on any atom is -0.338 e. The molecule has 0 amide bonds. The number of aromatic nitrogens is 3. The maximum Gasteiger partial charge on any atom is 0.261 e. The lowest BCUT2D eigenvalue weighted by molar-refractivity contribution is 0.277. The van der Waals surface area contributed by atoms with Crippen molar-refractivity contribution >= 4 is 22.4 Å². The van der Waals surface area contributed by atoms with Gasteiger partial charge < -0.3 is 15.6 Å². The van der Waals surface area contributed by atoms with Crippen LogP contribution < -0.4 is 16.2 Å². The Morgan fingerprint density at radius 3 is 2.61 bits per heavy atom. The molecule has 0 bridgehead atoms. The Labute approximate surface area is 181 Å². The SMILES string of the molecule is N#CC1CCCC[C@@H]1n1nc(Nc2ccc(C3CCNCC3)cc2)c2c(=O)[nH]ccc21. The molecule has 3 N–H and O–H groups in total. The average molecular weight is 417 g/mol. The first-order chi connectivity index (χ1) is 15.2. The summed E-state index contributed by atoms with van der Waals surface area (Å²) in [5.74, 6) is 1.08. The summed E-state index contributed by atoms with van der Waals surface area (Å²) in [5, 5.41) is 21.8. The van der Waals surface area contributed by atoms with Gasteiger partial charge in [-0.3, -0.25) is 9.48 Å². The number of nitrogens with one attached hydrogen (secondary N) is 3. The fraction of sp³-hybridized carbons (Fsp3) is 0.458. The quantitative estimate of drug-likeness (QED) is 0.592. The molecule has 2 fully saturated rings. The van der Waals surface area contributed by atoms with Crippen molar-refractivity contribution in [3.05, 3.63) is 52.4 Å². The number of anilines is 2. The highest BCUT2D eigenvalue weighted by molar-refractivity contribution is 5.91. The second-order valence-electron chi connectivity index (χ2n) is 8.72. The monoisotopic (exact) mass is 416 g/mol. The van der Waals surface area contributed by atoms with Crippen LogP contribution in [0.1, 0.15) is 56.0 Å². The van der Waals surface area contributed by atoms with Crippen molar-refractivity contribution < 1.29 is 0 Å². The topological polar surface area (TPSA) is 98.5 Å². The Kier molecular flexibility index (Phi) is 5.47. The summed E-state index contributed by atoms with van der Waals surface area (Å²) < 4.78 is 1.91. The first-order valence-corrected chi connectivity index (χ1v) is 11.3. The van der Waals surface area contributed by atoms with Crippen LogP contribution in [0.2, 0.25) is 0 Å². The van der Waals surface area contributed by atoms with Gasteiger partial charge in [0.1, 0.15) is 5.39 Å². The number of fused-ring (bicyclic) bond motifs is 1. The van der Waals surface area contributed by atoms with Gasteiger partial charge >= 0.3 is 0 Å². The zero-order valence-electron chi connectivity index (χ0n) is 17.6. The maximum atomic E-state index is 12.7. The van der Waals surface area contributed by atoms with Crippen LogP contribution in [0, 0.1) is 17.2 Å². The number of hydrogen-bond acceptors (Lipinski definition) is 5. The van der Waals surface area contributed by atoms with Crippen LogP contribution in [0.3, 0.4) is 0 Å². The lowest BCUT2D eigenvalue weighted by Crippen LogP contribution is -2.26. The molecule has 1 aliphatic heterocycles. The highest BCUT2D eigenvalue weighted by Gasteiger charge is 2.29. The van der Waals surface area contributed by atoms with Gasteiger partial charge in [0.25, 0.3) is 5.56 Å². The van der Waals surface area contributed by atoms with Crippen LogP contribution in [0.4, 0.5) is 11.5 Å². The van der Waals surface area contributed by atoms with E-state index in [1.807, 2.05) is 10.7 Å². The summed E-state index contributed by atoms with van der Waals surface area (Å²) in [4.78, 5) is 15.5. The summed E-state index contributed by atoms with van der Waals surface area (Å²) >= 11 is 0. The van der Waals surface area contributed by atoms with Gasteiger partial charge in [0.2, 0.25) is 0 Å². The molecule has 3 aromatic rings. The first-order valence-electron chi connectivity index (χ1n) is 11.3. The average Bonchev–Trinajstić information content (AvgIpc) is 3.19. The number of hydrogen-bond donors (Lipinski definition) is 3. The number of nitrogens with zero attached hydrogens (tertiary/aromatic N) is 3. The van der Waals surface area contributed by atoms with Crippen molar-refractivity contribution in [2.24, 2.45) is 5.92 Å². The number of pyridine rings is 1. The molecule has 1 unspecified atom stereocenters. The maximum absolute atomic E-state index is 12.7. The highest BCUT2D eigenvalue weighted by atomic mass is 16.1. The number of H-pyrrole nitrogens is 1. The van der Waals surface area contributed by atoms with E-state index in [0.717, 1.165) is 50.0 Å². The van der Waals surface area contributed by atoms with Gasteiger partial charge in [-0.25, -0.2) is 0 Å². The Morgan fingerprint density at radius 1 is 1.06 bits per heavy atom. The molecule has 2 atom stereocenters. The van der Waals surface area contributed by atoms with Crippen LogP contribution in [0.5, 0.6) is 0 Å². The van der Waals surface area contributed by atoms with E-state index >= 15 is 0 Å². The molecule has 2 aromatic heterocycles. The molecule has 31 heavy (non-hydrogen) atoms. The van der Waals surface area contributed by atoms with Gasteiger partial charge in [0, 0.05) is 11.9 Å². The normalized spacial score (nSPS) is 22.3. The number of rotatable bonds is 4. The van der Waals surface area contributed by atoms with E-state index in [9.17, 15) is 10.1 Å². The van der Waals surface area contributed by atoms with E-state index in [2.05, 4.69) is 46.0 Å². The van der Waals surface area contributed by atoms with E-state index in [-0.39, 0.29) is 17.5 Å². The molecule has 2 aliphatic rings. The third-order valence-electron chi connectivity index (χ3n) is 6.82. The van der Waals surface area contributed by atoms with E-state index in [4.69, 9.17) is 5.10 Å². The Morgan fingerprint density at radius 2 is 1.84 bits per heavy atom. The molecule has 1 saturated carbocycles. The number of piperidine rings is 1. The molecular weight excluding hydrogens is 388 g/mol. The molecule has 160 valence electrons. The van der Waals surface area contributed by atoms with Crippen molar-refractivity contribution in [1.82, 2.24) is 20.1 Å². The van der Waals surface area contributed by atoms with E-state index in [0.29, 0.717) is 17.1 Å². The second kappa shape index (κ2) is 8.56.